The Hall–Kier alpha value is -1.30. The molecule has 10 nitrogen and oxygen atoms in total. The quantitative estimate of drug-likeness (QED) is 0.280. The first-order valence-corrected chi connectivity index (χ1v) is 20.1. The Morgan fingerprint density at radius 1 is 1.04 bits per heavy atom. The number of aliphatic hydroxyl groups is 2. The van der Waals surface area contributed by atoms with Crippen LogP contribution in [0, 0.1) is 50.7 Å². The van der Waals surface area contributed by atoms with Crippen LogP contribution in [-0.4, -0.2) is 103 Å². The molecule has 2 heterocycles. The summed E-state index contributed by atoms with van der Waals surface area (Å²) >= 11 is 0. The number of ether oxygens (including phenoxy) is 5. The molecule has 0 bridgehead atoms. The van der Waals surface area contributed by atoms with Crippen LogP contribution in [-0.2, 0) is 33.3 Å². The molecule has 0 radical (unpaired) electrons. The number of esters is 2. The van der Waals surface area contributed by atoms with Gasteiger partial charge in [0.25, 0.3) is 0 Å². The van der Waals surface area contributed by atoms with Crippen LogP contribution in [0.5, 0.6) is 0 Å². The van der Waals surface area contributed by atoms with Crippen LogP contribution < -0.4 is 0 Å². The summed E-state index contributed by atoms with van der Waals surface area (Å²) in [6.45, 7) is 19.2. The fraction of sp³-hybridized carbons (Fsp3) is 0.951. The smallest absolute Gasteiger partial charge is 0.323 e. The summed E-state index contributed by atoms with van der Waals surface area (Å²) in [6.07, 6.45) is 8.39. The van der Waals surface area contributed by atoms with E-state index in [0.717, 1.165) is 45.1 Å². The average molecular weight is 718 g/mol. The van der Waals surface area contributed by atoms with Crippen molar-refractivity contribution in [1.29, 1.82) is 0 Å². The molecule has 14 atom stereocenters. The van der Waals surface area contributed by atoms with Gasteiger partial charge < -0.3 is 33.9 Å². The summed E-state index contributed by atoms with van der Waals surface area (Å²) in [5, 5.41) is 23.2. The maximum absolute atomic E-state index is 12.3. The highest BCUT2D eigenvalue weighted by molar-refractivity contribution is 5.77. The molecule has 0 aromatic heterocycles. The van der Waals surface area contributed by atoms with Gasteiger partial charge in [0.05, 0.1) is 43.7 Å². The number of carbonyl (C=O) groups is 2. The van der Waals surface area contributed by atoms with Gasteiger partial charge in [0.1, 0.15) is 6.04 Å². The van der Waals surface area contributed by atoms with E-state index in [9.17, 15) is 19.8 Å². The highest BCUT2D eigenvalue weighted by Crippen LogP contribution is 2.89. The average Bonchev–Trinajstić information content (AvgIpc) is 3.44. The largest absolute Gasteiger partial charge is 0.464 e. The van der Waals surface area contributed by atoms with Gasteiger partial charge >= 0.3 is 11.9 Å². The molecule has 290 valence electrons. The predicted octanol–water partition coefficient (Wildman–Crippen LogP) is 5.50. The number of fused-ring (bicyclic) bond motifs is 2. The number of aliphatic hydroxyl groups excluding tert-OH is 1. The standard InChI is InChI=1S/C41H67NO9/c1-24(20-28(47-9)34(37(5,6)46)50-25(2)43)26-21-31(44)39(8)30-11-10-29-36(3,4)32(12-14-40(29)23-41(30,40)16-15-38(26,39)7)51-33-22-42(17-19-48-33)27-13-18-49-35(27)45/h24,26-34,44,46H,10-23H2,1-9H3/t24-,26?,27?,28?,29+,30?,31+,32?,33?,34?,38?,39-,40?,41?/m1/s1. The molecular formula is C41H67NO9. The molecule has 7 aliphatic rings. The third kappa shape index (κ3) is 5.68. The van der Waals surface area contributed by atoms with Crippen molar-refractivity contribution in [2.24, 2.45) is 50.7 Å². The zero-order valence-electron chi connectivity index (χ0n) is 32.9. The molecule has 10 unspecified atom stereocenters. The monoisotopic (exact) mass is 717 g/mol. The van der Waals surface area contributed by atoms with Crippen molar-refractivity contribution in [3.8, 4) is 0 Å². The number of methoxy groups -OCH3 is 1. The lowest BCUT2D eigenvalue weighted by atomic mass is 9.41. The van der Waals surface area contributed by atoms with E-state index in [4.69, 9.17) is 23.7 Å². The molecule has 0 aromatic rings. The van der Waals surface area contributed by atoms with Crippen LogP contribution in [0.25, 0.3) is 0 Å². The van der Waals surface area contributed by atoms with E-state index in [2.05, 4.69) is 39.5 Å². The van der Waals surface area contributed by atoms with Gasteiger partial charge in [0, 0.05) is 32.4 Å². The minimum atomic E-state index is -1.25. The first-order valence-electron chi connectivity index (χ1n) is 20.1. The van der Waals surface area contributed by atoms with Crippen LogP contribution in [0.2, 0.25) is 0 Å². The van der Waals surface area contributed by atoms with Crippen molar-refractivity contribution in [2.75, 3.05) is 33.4 Å². The van der Waals surface area contributed by atoms with Crippen LogP contribution in [0.3, 0.4) is 0 Å². The second-order valence-electron chi connectivity index (χ2n) is 19.7. The summed E-state index contributed by atoms with van der Waals surface area (Å²) in [6, 6.07) is -0.178. The lowest BCUT2D eigenvalue weighted by molar-refractivity contribution is -0.250. The molecule has 7 rings (SSSR count). The molecular weight excluding hydrogens is 650 g/mol. The zero-order chi connectivity index (χ0) is 36.9. The zero-order valence-corrected chi connectivity index (χ0v) is 32.9. The molecule has 2 N–H and O–H groups in total. The first kappa shape index (κ1) is 38.0. The minimum absolute atomic E-state index is 0.00816. The van der Waals surface area contributed by atoms with Gasteiger partial charge in [-0.1, -0.05) is 34.6 Å². The Labute approximate surface area is 306 Å². The lowest BCUT2D eigenvalue weighted by Gasteiger charge is -2.64. The molecule has 2 aliphatic heterocycles. The Bertz CT molecular complexity index is 1350. The van der Waals surface area contributed by atoms with E-state index in [0.29, 0.717) is 49.3 Å². The van der Waals surface area contributed by atoms with Crippen molar-refractivity contribution >= 4 is 11.9 Å². The van der Waals surface area contributed by atoms with Crippen LogP contribution in [0.15, 0.2) is 0 Å². The van der Waals surface area contributed by atoms with Crippen molar-refractivity contribution < 1.29 is 43.5 Å². The van der Waals surface area contributed by atoms with Crippen molar-refractivity contribution in [3.63, 3.8) is 0 Å². The molecule has 7 fully saturated rings. The lowest BCUT2D eigenvalue weighted by Crippen LogP contribution is -2.60. The van der Waals surface area contributed by atoms with E-state index in [1.54, 1.807) is 21.0 Å². The van der Waals surface area contributed by atoms with Crippen molar-refractivity contribution in [2.45, 2.75) is 162 Å². The highest BCUT2D eigenvalue weighted by Gasteiger charge is 2.83. The topological polar surface area (TPSA) is 124 Å². The molecule has 10 heteroatoms. The van der Waals surface area contributed by atoms with Gasteiger partial charge in [-0.05, 0) is 117 Å². The molecule has 51 heavy (non-hydrogen) atoms. The third-order valence-corrected chi connectivity index (χ3v) is 16.8. The van der Waals surface area contributed by atoms with E-state index in [1.165, 1.54) is 26.2 Å². The summed E-state index contributed by atoms with van der Waals surface area (Å²) < 4.78 is 29.9. The van der Waals surface area contributed by atoms with Gasteiger partial charge in [0.15, 0.2) is 12.4 Å². The van der Waals surface area contributed by atoms with Crippen LogP contribution in [0.4, 0.5) is 0 Å². The number of carbonyl (C=O) groups excluding carboxylic acids is 2. The van der Waals surface area contributed by atoms with Gasteiger partial charge in [-0.15, -0.1) is 0 Å². The minimum Gasteiger partial charge on any atom is -0.464 e. The Morgan fingerprint density at radius 3 is 2.39 bits per heavy atom. The second-order valence-corrected chi connectivity index (χ2v) is 19.7. The van der Waals surface area contributed by atoms with E-state index in [1.807, 2.05) is 0 Å². The molecule has 5 saturated carbocycles. The van der Waals surface area contributed by atoms with Crippen molar-refractivity contribution in [3.05, 3.63) is 0 Å². The van der Waals surface area contributed by atoms with Crippen LogP contribution in [0.1, 0.15) is 120 Å². The van der Waals surface area contributed by atoms with Gasteiger partial charge in [-0.2, -0.15) is 0 Å². The number of nitrogens with zero attached hydrogens (tertiary/aromatic N) is 1. The first-order chi connectivity index (χ1) is 23.9. The summed E-state index contributed by atoms with van der Waals surface area (Å²) in [5.74, 6) is 0.998. The second kappa shape index (κ2) is 12.9. The van der Waals surface area contributed by atoms with Gasteiger partial charge in [0.2, 0.25) is 0 Å². The third-order valence-electron chi connectivity index (χ3n) is 16.8. The molecule has 2 saturated heterocycles. The normalized spacial score (nSPS) is 46.5. The molecule has 0 aromatic carbocycles. The predicted molar refractivity (Wildman–Crippen MR) is 190 cm³/mol. The number of cyclic esters (lactones) is 1. The number of hydrogen-bond acceptors (Lipinski definition) is 10. The van der Waals surface area contributed by atoms with E-state index >= 15 is 0 Å². The van der Waals surface area contributed by atoms with Gasteiger partial charge in [-0.25, -0.2) is 0 Å². The van der Waals surface area contributed by atoms with E-state index < -0.39 is 23.8 Å². The molecule has 2 spiro atoms. The maximum atomic E-state index is 12.3. The summed E-state index contributed by atoms with van der Waals surface area (Å²) in [5.41, 5.74) is -0.915. The molecule has 0 amide bonds. The van der Waals surface area contributed by atoms with E-state index in [-0.39, 0.29) is 58.1 Å². The fourth-order valence-electron chi connectivity index (χ4n) is 14.2. The molecule has 5 aliphatic carbocycles. The number of rotatable bonds is 10. The van der Waals surface area contributed by atoms with Gasteiger partial charge in [-0.3, -0.25) is 14.5 Å². The highest BCUT2D eigenvalue weighted by atomic mass is 16.7. The maximum Gasteiger partial charge on any atom is 0.323 e. The Kier molecular flexibility index (Phi) is 9.61. The number of hydrogen-bond donors (Lipinski definition) is 2. The Balaban J connectivity index is 1.06. The SMILES string of the molecule is COC(C[C@@H](C)C1C[C@H](O)[C@@]2(C)C3CC[C@H]4C(C)(C)C(OC5CN(C6CCOC6=O)CCO5)CCC45CC35CCC12C)C(OC(C)=O)C(C)(C)O. The Morgan fingerprint density at radius 2 is 1.75 bits per heavy atom. The van der Waals surface area contributed by atoms with Crippen LogP contribution >= 0.6 is 0 Å². The fourth-order valence-corrected chi connectivity index (χ4v) is 14.2. The van der Waals surface area contributed by atoms with Crippen molar-refractivity contribution in [1.82, 2.24) is 4.90 Å². The summed E-state index contributed by atoms with van der Waals surface area (Å²) in [7, 11) is 1.64. The number of morpholine rings is 1. The summed E-state index contributed by atoms with van der Waals surface area (Å²) in [4.78, 5) is 26.5.